The van der Waals surface area contributed by atoms with Gasteiger partial charge in [0.25, 0.3) is 0 Å². The number of anilines is 1. The standard InChI is InChI=1S/C12H16ClNO3/c1-8(7-17-2)6-14-11-4-3-9(12(15)16)5-10(11)13/h3-5,8,14H,6-7H2,1-2H3,(H,15,16). The van der Waals surface area contributed by atoms with Crippen molar-refractivity contribution < 1.29 is 14.6 Å². The summed E-state index contributed by atoms with van der Waals surface area (Å²) in [6.07, 6.45) is 0. The van der Waals surface area contributed by atoms with E-state index >= 15 is 0 Å². The number of hydrogen-bond donors (Lipinski definition) is 2. The number of nitrogens with one attached hydrogen (secondary N) is 1. The van der Waals surface area contributed by atoms with Gasteiger partial charge in [0, 0.05) is 13.7 Å². The van der Waals surface area contributed by atoms with E-state index in [-0.39, 0.29) is 5.56 Å². The minimum Gasteiger partial charge on any atom is -0.478 e. The SMILES string of the molecule is COCC(C)CNc1ccc(C(=O)O)cc1Cl. The van der Waals surface area contributed by atoms with E-state index in [9.17, 15) is 4.79 Å². The average Bonchev–Trinajstić information content (AvgIpc) is 2.27. The smallest absolute Gasteiger partial charge is 0.335 e. The number of benzene rings is 1. The molecule has 0 saturated carbocycles. The van der Waals surface area contributed by atoms with E-state index in [4.69, 9.17) is 21.4 Å². The van der Waals surface area contributed by atoms with Gasteiger partial charge in [0.2, 0.25) is 0 Å². The molecule has 0 aliphatic carbocycles. The Kier molecular flexibility index (Phi) is 5.25. The van der Waals surface area contributed by atoms with Crippen molar-refractivity contribution in [2.45, 2.75) is 6.92 Å². The molecular formula is C12H16ClNO3. The van der Waals surface area contributed by atoms with Crippen molar-refractivity contribution >= 4 is 23.3 Å². The third-order valence-corrected chi connectivity index (χ3v) is 2.62. The summed E-state index contributed by atoms with van der Waals surface area (Å²) in [4.78, 5) is 10.7. The van der Waals surface area contributed by atoms with Crippen molar-refractivity contribution in [3.05, 3.63) is 28.8 Å². The number of hydrogen-bond acceptors (Lipinski definition) is 3. The first-order chi connectivity index (χ1) is 8.04. The lowest BCUT2D eigenvalue weighted by atomic mass is 10.1. The van der Waals surface area contributed by atoms with Crippen molar-refractivity contribution in [2.75, 3.05) is 25.6 Å². The molecule has 1 rings (SSSR count). The molecule has 1 unspecified atom stereocenters. The van der Waals surface area contributed by atoms with Crippen LogP contribution in [0.3, 0.4) is 0 Å². The lowest BCUT2D eigenvalue weighted by Crippen LogP contribution is -2.16. The molecule has 94 valence electrons. The number of carboxylic acid groups (broad SMARTS) is 1. The van der Waals surface area contributed by atoms with Gasteiger partial charge < -0.3 is 15.2 Å². The molecule has 0 bridgehead atoms. The molecule has 1 atom stereocenters. The van der Waals surface area contributed by atoms with Crippen molar-refractivity contribution in [3.8, 4) is 0 Å². The molecule has 2 N–H and O–H groups in total. The van der Waals surface area contributed by atoms with Crippen LogP contribution in [0.2, 0.25) is 5.02 Å². The van der Waals surface area contributed by atoms with Gasteiger partial charge in [-0.15, -0.1) is 0 Å². The van der Waals surface area contributed by atoms with E-state index in [1.807, 2.05) is 0 Å². The van der Waals surface area contributed by atoms with E-state index in [0.717, 1.165) is 12.2 Å². The van der Waals surface area contributed by atoms with Crippen LogP contribution in [0.15, 0.2) is 18.2 Å². The molecule has 0 aliphatic rings. The fraction of sp³-hybridized carbons (Fsp3) is 0.417. The van der Waals surface area contributed by atoms with Crippen LogP contribution in [0.1, 0.15) is 17.3 Å². The minimum atomic E-state index is -0.980. The molecular weight excluding hydrogens is 242 g/mol. The molecule has 0 aliphatic heterocycles. The Labute approximate surface area is 106 Å². The van der Waals surface area contributed by atoms with Crippen molar-refractivity contribution in [2.24, 2.45) is 5.92 Å². The Morgan fingerprint density at radius 3 is 2.82 bits per heavy atom. The Bertz CT molecular complexity index is 395. The summed E-state index contributed by atoms with van der Waals surface area (Å²) >= 11 is 5.98. The maximum Gasteiger partial charge on any atom is 0.335 e. The highest BCUT2D eigenvalue weighted by molar-refractivity contribution is 6.33. The molecule has 0 amide bonds. The van der Waals surface area contributed by atoms with Crippen molar-refractivity contribution in [1.82, 2.24) is 0 Å². The third-order valence-electron chi connectivity index (χ3n) is 2.31. The molecule has 0 spiro atoms. The molecule has 1 aromatic rings. The predicted molar refractivity (Wildman–Crippen MR) is 67.9 cm³/mol. The van der Waals surface area contributed by atoms with Gasteiger partial charge in [-0.1, -0.05) is 18.5 Å². The first-order valence-corrected chi connectivity index (χ1v) is 5.68. The Morgan fingerprint density at radius 1 is 1.59 bits per heavy atom. The van der Waals surface area contributed by atoms with E-state index in [0.29, 0.717) is 17.5 Å². The fourth-order valence-electron chi connectivity index (χ4n) is 1.42. The molecule has 4 nitrogen and oxygen atoms in total. The maximum absolute atomic E-state index is 10.7. The molecule has 17 heavy (non-hydrogen) atoms. The quantitative estimate of drug-likeness (QED) is 0.823. The highest BCUT2D eigenvalue weighted by atomic mass is 35.5. The van der Waals surface area contributed by atoms with Gasteiger partial charge in [0.05, 0.1) is 22.9 Å². The van der Waals surface area contributed by atoms with Crippen LogP contribution < -0.4 is 5.32 Å². The normalized spacial score (nSPS) is 12.2. The zero-order chi connectivity index (χ0) is 12.8. The molecule has 0 saturated heterocycles. The Morgan fingerprint density at radius 2 is 2.29 bits per heavy atom. The van der Waals surface area contributed by atoms with Crippen molar-refractivity contribution in [3.63, 3.8) is 0 Å². The van der Waals surface area contributed by atoms with Gasteiger partial charge in [-0.05, 0) is 24.1 Å². The number of methoxy groups -OCH3 is 1. The summed E-state index contributed by atoms with van der Waals surface area (Å²) in [5.41, 5.74) is 0.921. The van der Waals surface area contributed by atoms with Crippen LogP contribution in [0.5, 0.6) is 0 Å². The molecule has 1 aromatic carbocycles. The van der Waals surface area contributed by atoms with E-state index in [1.54, 1.807) is 13.2 Å². The fourth-order valence-corrected chi connectivity index (χ4v) is 1.67. The molecule has 0 heterocycles. The van der Waals surface area contributed by atoms with Crippen LogP contribution in [0.25, 0.3) is 0 Å². The van der Waals surface area contributed by atoms with Crippen LogP contribution in [0, 0.1) is 5.92 Å². The number of carboxylic acids is 1. The Balaban J connectivity index is 2.63. The number of aromatic carboxylic acids is 1. The maximum atomic E-state index is 10.7. The lowest BCUT2D eigenvalue weighted by Gasteiger charge is -2.13. The van der Waals surface area contributed by atoms with E-state index in [1.165, 1.54) is 12.1 Å². The van der Waals surface area contributed by atoms with E-state index < -0.39 is 5.97 Å². The second kappa shape index (κ2) is 6.47. The predicted octanol–water partition coefficient (Wildman–Crippen LogP) is 2.73. The van der Waals surface area contributed by atoms with Crippen molar-refractivity contribution in [1.29, 1.82) is 0 Å². The topological polar surface area (TPSA) is 58.6 Å². The summed E-state index contributed by atoms with van der Waals surface area (Å²) in [7, 11) is 1.66. The third kappa shape index (κ3) is 4.24. The lowest BCUT2D eigenvalue weighted by molar-refractivity contribution is 0.0697. The zero-order valence-corrected chi connectivity index (χ0v) is 10.6. The monoisotopic (exact) mass is 257 g/mol. The zero-order valence-electron chi connectivity index (χ0n) is 9.87. The first kappa shape index (κ1) is 13.8. The van der Waals surface area contributed by atoms with Gasteiger partial charge in [-0.3, -0.25) is 0 Å². The summed E-state index contributed by atoms with van der Waals surface area (Å²) in [5.74, 6) is -0.624. The average molecular weight is 258 g/mol. The summed E-state index contributed by atoms with van der Waals surface area (Å²) in [6.45, 7) is 3.44. The molecule has 0 radical (unpaired) electrons. The highest BCUT2D eigenvalue weighted by Crippen LogP contribution is 2.23. The highest BCUT2D eigenvalue weighted by Gasteiger charge is 2.08. The van der Waals surface area contributed by atoms with Crippen LogP contribution in [-0.4, -0.2) is 31.3 Å². The molecule has 5 heteroatoms. The molecule has 0 aromatic heterocycles. The van der Waals surface area contributed by atoms with Gasteiger partial charge >= 0.3 is 5.97 Å². The first-order valence-electron chi connectivity index (χ1n) is 5.30. The second-order valence-corrected chi connectivity index (χ2v) is 4.35. The van der Waals surface area contributed by atoms with Crippen LogP contribution >= 0.6 is 11.6 Å². The summed E-state index contributed by atoms with van der Waals surface area (Å²) in [5, 5.41) is 12.4. The number of ether oxygens (including phenoxy) is 1. The summed E-state index contributed by atoms with van der Waals surface area (Å²) < 4.78 is 5.02. The van der Waals surface area contributed by atoms with Gasteiger partial charge in [0.1, 0.15) is 0 Å². The van der Waals surface area contributed by atoms with Gasteiger partial charge in [-0.25, -0.2) is 4.79 Å². The van der Waals surface area contributed by atoms with Crippen LogP contribution in [0.4, 0.5) is 5.69 Å². The van der Waals surface area contributed by atoms with Gasteiger partial charge in [0.15, 0.2) is 0 Å². The number of carbonyl (C=O) groups is 1. The number of halogens is 1. The van der Waals surface area contributed by atoms with Gasteiger partial charge in [-0.2, -0.15) is 0 Å². The summed E-state index contributed by atoms with van der Waals surface area (Å²) in [6, 6.07) is 4.63. The molecule has 0 fully saturated rings. The van der Waals surface area contributed by atoms with E-state index in [2.05, 4.69) is 12.2 Å². The largest absolute Gasteiger partial charge is 0.478 e. The Hall–Kier alpha value is -1.26. The van der Waals surface area contributed by atoms with Crippen LogP contribution in [-0.2, 0) is 4.74 Å². The minimum absolute atomic E-state index is 0.186. The second-order valence-electron chi connectivity index (χ2n) is 3.94. The number of rotatable bonds is 6.